The summed E-state index contributed by atoms with van der Waals surface area (Å²) >= 11 is 6.11. The summed E-state index contributed by atoms with van der Waals surface area (Å²) in [7, 11) is 0. The van der Waals surface area contributed by atoms with E-state index in [0.29, 0.717) is 17.3 Å². The Morgan fingerprint density at radius 3 is 2.52 bits per heavy atom. The number of hydrogen-bond acceptors (Lipinski definition) is 3. The first-order chi connectivity index (χ1) is 11.1. The molecule has 0 unspecified atom stereocenters. The number of amides is 2. The fraction of sp³-hybridized carbons (Fsp3) is 0.222. The Hall–Kier alpha value is -2.17. The minimum Gasteiger partial charge on any atom is -0.301 e. The number of benzene rings is 2. The summed E-state index contributed by atoms with van der Waals surface area (Å²) in [6, 6.07) is 14.3. The highest BCUT2D eigenvalue weighted by Crippen LogP contribution is 2.24. The van der Waals surface area contributed by atoms with E-state index in [0.717, 1.165) is 11.1 Å². The van der Waals surface area contributed by atoms with Crippen LogP contribution in [0.2, 0.25) is 5.02 Å². The van der Waals surface area contributed by atoms with Gasteiger partial charge in [-0.2, -0.15) is 0 Å². The van der Waals surface area contributed by atoms with Gasteiger partial charge in [0.2, 0.25) is 5.91 Å². The molecule has 0 spiro atoms. The zero-order valence-electron chi connectivity index (χ0n) is 12.8. The average Bonchev–Trinajstić information content (AvgIpc) is 2.82. The van der Waals surface area contributed by atoms with E-state index in [9.17, 15) is 9.59 Å². The quantitative estimate of drug-likeness (QED) is 0.877. The number of carbonyl (C=O) groups excluding carboxylic acids is 2. The van der Waals surface area contributed by atoms with Crippen LogP contribution in [0.25, 0.3) is 0 Å². The van der Waals surface area contributed by atoms with Gasteiger partial charge in [0.15, 0.2) is 0 Å². The second-order valence-corrected chi connectivity index (χ2v) is 6.04. The number of halogens is 1. The van der Waals surface area contributed by atoms with E-state index in [4.69, 9.17) is 11.6 Å². The first-order valence-corrected chi connectivity index (χ1v) is 7.84. The van der Waals surface area contributed by atoms with Crippen LogP contribution < -0.4 is 10.2 Å². The molecule has 1 saturated heterocycles. The number of rotatable bonds is 4. The SMILES string of the molecule is Cc1ccc(N2C(=O)C[C@H](NCc3ccccc3Cl)C2=O)cc1. The third kappa shape index (κ3) is 3.28. The molecule has 0 aliphatic carbocycles. The Labute approximate surface area is 140 Å². The van der Waals surface area contributed by atoms with E-state index < -0.39 is 6.04 Å². The smallest absolute Gasteiger partial charge is 0.251 e. The molecule has 1 aliphatic rings. The largest absolute Gasteiger partial charge is 0.301 e. The Bertz CT molecular complexity index is 743. The van der Waals surface area contributed by atoms with Gasteiger partial charge in [-0.25, -0.2) is 4.90 Å². The summed E-state index contributed by atoms with van der Waals surface area (Å²) in [6.45, 7) is 2.41. The minimum absolute atomic E-state index is 0.164. The molecule has 1 heterocycles. The molecule has 118 valence electrons. The second-order valence-electron chi connectivity index (χ2n) is 5.63. The van der Waals surface area contributed by atoms with Crippen molar-refractivity contribution in [1.29, 1.82) is 0 Å². The number of aryl methyl sites for hydroxylation is 1. The third-order valence-corrected chi connectivity index (χ3v) is 4.30. The lowest BCUT2D eigenvalue weighted by Gasteiger charge is -2.16. The highest BCUT2D eigenvalue weighted by atomic mass is 35.5. The summed E-state index contributed by atoms with van der Waals surface area (Å²) in [5.74, 6) is -0.401. The molecule has 0 bridgehead atoms. The summed E-state index contributed by atoms with van der Waals surface area (Å²) < 4.78 is 0. The molecule has 1 aliphatic heterocycles. The summed E-state index contributed by atoms with van der Waals surface area (Å²) in [5, 5.41) is 3.78. The van der Waals surface area contributed by atoms with Crippen molar-refractivity contribution in [3.63, 3.8) is 0 Å². The van der Waals surface area contributed by atoms with Gasteiger partial charge in [-0.3, -0.25) is 9.59 Å². The molecule has 3 rings (SSSR count). The molecule has 4 nitrogen and oxygen atoms in total. The van der Waals surface area contributed by atoms with E-state index in [-0.39, 0.29) is 18.2 Å². The van der Waals surface area contributed by atoms with Crippen LogP contribution in [0.4, 0.5) is 5.69 Å². The predicted molar refractivity (Wildman–Crippen MR) is 90.4 cm³/mol. The number of imide groups is 1. The Morgan fingerprint density at radius 1 is 1.13 bits per heavy atom. The molecule has 1 N–H and O–H groups in total. The molecule has 0 saturated carbocycles. The Balaban J connectivity index is 1.71. The summed E-state index contributed by atoms with van der Waals surface area (Å²) in [4.78, 5) is 26.0. The van der Waals surface area contributed by atoms with E-state index in [1.807, 2.05) is 37.3 Å². The number of anilines is 1. The summed E-state index contributed by atoms with van der Waals surface area (Å²) in [5.41, 5.74) is 2.61. The molecule has 23 heavy (non-hydrogen) atoms. The van der Waals surface area contributed by atoms with E-state index >= 15 is 0 Å². The second kappa shape index (κ2) is 6.52. The molecule has 2 aromatic rings. The lowest BCUT2D eigenvalue weighted by atomic mass is 10.2. The van der Waals surface area contributed by atoms with Crippen molar-refractivity contribution in [1.82, 2.24) is 5.32 Å². The van der Waals surface area contributed by atoms with Crippen LogP contribution in [0, 0.1) is 6.92 Å². The van der Waals surface area contributed by atoms with Gasteiger partial charge in [-0.1, -0.05) is 47.5 Å². The van der Waals surface area contributed by atoms with Crippen LogP contribution in [0.3, 0.4) is 0 Å². The molecular weight excluding hydrogens is 312 g/mol. The van der Waals surface area contributed by atoms with Gasteiger partial charge in [0.25, 0.3) is 5.91 Å². The summed E-state index contributed by atoms with van der Waals surface area (Å²) in [6.07, 6.45) is 0.164. The average molecular weight is 329 g/mol. The topological polar surface area (TPSA) is 49.4 Å². The van der Waals surface area contributed by atoms with Gasteiger partial charge in [-0.05, 0) is 30.7 Å². The fourth-order valence-corrected chi connectivity index (χ4v) is 2.83. The maximum Gasteiger partial charge on any atom is 0.251 e. The van der Waals surface area contributed by atoms with Crippen molar-refractivity contribution >= 4 is 29.1 Å². The van der Waals surface area contributed by atoms with E-state index in [1.54, 1.807) is 18.2 Å². The number of carbonyl (C=O) groups is 2. The maximum atomic E-state index is 12.5. The van der Waals surface area contributed by atoms with E-state index in [1.165, 1.54) is 4.90 Å². The molecule has 2 amide bonds. The standard InChI is InChI=1S/C18H17ClN2O2/c1-12-6-8-14(9-7-12)21-17(22)10-16(18(21)23)20-11-13-4-2-3-5-15(13)19/h2-9,16,20H,10-11H2,1H3/t16-/m0/s1. The molecule has 5 heteroatoms. The zero-order valence-corrected chi connectivity index (χ0v) is 13.5. The lowest BCUT2D eigenvalue weighted by Crippen LogP contribution is -2.38. The van der Waals surface area contributed by atoms with Gasteiger partial charge in [0.1, 0.15) is 0 Å². The van der Waals surface area contributed by atoms with Crippen molar-refractivity contribution in [2.45, 2.75) is 25.9 Å². The van der Waals surface area contributed by atoms with Crippen LogP contribution in [0.15, 0.2) is 48.5 Å². The Morgan fingerprint density at radius 2 is 1.83 bits per heavy atom. The van der Waals surface area contributed by atoms with Gasteiger partial charge >= 0.3 is 0 Å². The van der Waals surface area contributed by atoms with Crippen molar-refractivity contribution in [3.05, 3.63) is 64.7 Å². The molecule has 0 radical (unpaired) electrons. The van der Waals surface area contributed by atoms with Gasteiger partial charge in [0, 0.05) is 11.6 Å². The third-order valence-electron chi connectivity index (χ3n) is 3.94. The number of nitrogens with zero attached hydrogens (tertiary/aromatic N) is 1. The molecule has 1 atom stereocenters. The highest BCUT2D eigenvalue weighted by Gasteiger charge is 2.39. The Kier molecular flexibility index (Phi) is 4.46. The van der Waals surface area contributed by atoms with Gasteiger partial charge in [-0.15, -0.1) is 0 Å². The number of hydrogen-bond donors (Lipinski definition) is 1. The molecule has 1 fully saturated rings. The van der Waals surface area contributed by atoms with Crippen molar-refractivity contribution in [2.24, 2.45) is 0 Å². The fourth-order valence-electron chi connectivity index (χ4n) is 2.63. The van der Waals surface area contributed by atoms with Gasteiger partial charge in [0.05, 0.1) is 18.2 Å². The minimum atomic E-state index is -0.514. The van der Waals surface area contributed by atoms with Crippen molar-refractivity contribution in [3.8, 4) is 0 Å². The molecule has 0 aromatic heterocycles. The lowest BCUT2D eigenvalue weighted by molar-refractivity contribution is -0.121. The van der Waals surface area contributed by atoms with Crippen molar-refractivity contribution in [2.75, 3.05) is 4.90 Å². The van der Waals surface area contributed by atoms with Crippen LogP contribution >= 0.6 is 11.6 Å². The van der Waals surface area contributed by atoms with Crippen LogP contribution in [0.5, 0.6) is 0 Å². The maximum absolute atomic E-state index is 12.5. The van der Waals surface area contributed by atoms with Crippen LogP contribution in [0.1, 0.15) is 17.5 Å². The zero-order chi connectivity index (χ0) is 16.4. The monoisotopic (exact) mass is 328 g/mol. The predicted octanol–water partition coefficient (Wildman–Crippen LogP) is 3.07. The van der Waals surface area contributed by atoms with E-state index in [2.05, 4.69) is 5.32 Å². The molecule has 2 aromatic carbocycles. The number of nitrogens with one attached hydrogen (secondary N) is 1. The molecular formula is C18H17ClN2O2. The highest BCUT2D eigenvalue weighted by molar-refractivity contribution is 6.31. The first kappa shape index (κ1) is 15.7. The van der Waals surface area contributed by atoms with Gasteiger partial charge < -0.3 is 5.32 Å². The van der Waals surface area contributed by atoms with Crippen LogP contribution in [-0.2, 0) is 16.1 Å². The van der Waals surface area contributed by atoms with Crippen LogP contribution in [-0.4, -0.2) is 17.9 Å². The first-order valence-electron chi connectivity index (χ1n) is 7.46. The van der Waals surface area contributed by atoms with Crippen molar-refractivity contribution < 1.29 is 9.59 Å². The normalized spacial score (nSPS) is 17.8.